The maximum Gasteiger partial charge on any atom is 0.410 e. The van der Waals surface area contributed by atoms with Crippen LogP contribution in [-0.4, -0.2) is 38.7 Å². The van der Waals surface area contributed by atoms with Crippen LogP contribution < -0.4 is 0 Å². The average Bonchev–Trinajstić information content (AvgIpc) is 2.90. The van der Waals surface area contributed by atoms with Crippen LogP contribution in [0.25, 0.3) is 0 Å². The average molecular weight is 289 g/mol. The lowest BCUT2D eigenvalue weighted by atomic mass is 9.87. The Morgan fingerprint density at radius 2 is 2.05 bits per heavy atom. The molecule has 0 bridgehead atoms. The molecule has 0 N–H and O–H groups in total. The number of benzene rings is 1. The molecule has 1 fully saturated rings. The molecule has 0 unspecified atom stereocenters. The van der Waals surface area contributed by atoms with Crippen LogP contribution in [0.1, 0.15) is 19.4 Å². The van der Waals surface area contributed by atoms with Gasteiger partial charge < -0.3 is 14.3 Å². The number of nitrogens with zero attached hydrogens (tertiary/aromatic N) is 1. The van der Waals surface area contributed by atoms with E-state index in [4.69, 9.17) is 9.39 Å². The fourth-order valence-electron chi connectivity index (χ4n) is 3.00. The number of ether oxygens (including phenoxy) is 1. The summed E-state index contributed by atoms with van der Waals surface area (Å²) in [7, 11) is 1.72. The highest BCUT2D eigenvalue weighted by Crippen LogP contribution is 2.30. The van der Waals surface area contributed by atoms with Gasteiger partial charge in [0.1, 0.15) is 6.61 Å². The Morgan fingerprint density at radius 1 is 1.33 bits per heavy atom. The minimum atomic E-state index is -0.219. The van der Waals surface area contributed by atoms with Gasteiger partial charge in [-0.05, 0) is 17.4 Å². The summed E-state index contributed by atoms with van der Waals surface area (Å²) >= 11 is 0. The van der Waals surface area contributed by atoms with Crippen molar-refractivity contribution in [3.8, 4) is 0 Å². The summed E-state index contributed by atoms with van der Waals surface area (Å²) in [4.78, 5) is 14.0. The molecule has 0 spiro atoms. The van der Waals surface area contributed by atoms with E-state index in [1.165, 1.54) is 0 Å². The van der Waals surface area contributed by atoms with Gasteiger partial charge in [0.15, 0.2) is 0 Å². The minimum absolute atomic E-state index is 0.219. The third-order valence-corrected chi connectivity index (χ3v) is 4.19. The van der Waals surface area contributed by atoms with Gasteiger partial charge >= 0.3 is 6.09 Å². The number of amides is 1. The van der Waals surface area contributed by atoms with Crippen LogP contribution in [0.15, 0.2) is 30.3 Å². The highest BCUT2D eigenvalue weighted by Gasteiger charge is 2.37. The quantitative estimate of drug-likeness (QED) is 0.779. The summed E-state index contributed by atoms with van der Waals surface area (Å²) in [5, 5.41) is 0. The van der Waals surface area contributed by atoms with Gasteiger partial charge in [-0.25, -0.2) is 4.79 Å². The largest absolute Gasteiger partial charge is 0.445 e. The maximum absolute atomic E-state index is 12.2. The lowest BCUT2D eigenvalue weighted by Gasteiger charge is -2.20. The molecule has 114 valence electrons. The molecule has 1 aromatic carbocycles. The molecule has 1 heterocycles. The first-order valence-corrected chi connectivity index (χ1v) is 7.56. The molecular weight excluding hydrogens is 265 g/mol. The molecule has 1 aliphatic rings. The van der Waals surface area contributed by atoms with E-state index in [1.807, 2.05) is 35.2 Å². The summed E-state index contributed by atoms with van der Waals surface area (Å²) in [5.41, 5.74) is 1.01. The molecule has 2 rings (SSSR count). The van der Waals surface area contributed by atoms with Crippen molar-refractivity contribution < 1.29 is 14.2 Å². The molecule has 0 aliphatic carbocycles. The van der Waals surface area contributed by atoms with Gasteiger partial charge in [-0.3, -0.25) is 0 Å². The Morgan fingerprint density at radius 3 is 2.67 bits per heavy atom. The van der Waals surface area contributed by atoms with E-state index in [9.17, 15) is 4.79 Å². The first kappa shape index (κ1) is 15.9. The van der Waals surface area contributed by atoms with E-state index < -0.39 is 0 Å². The molecule has 0 saturated carbocycles. The molecule has 1 amide bonds. The zero-order valence-corrected chi connectivity index (χ0v) is 13.1. The van der Waals surface area contributed by atoms with Gasteiger partial charge in [0.2, 0.25) is 0 Å². The minimum Gasteiger partial charge on any atom is -0.445 e. The van der Waals surface area contributed by atoms with Crippen molar-refractivity contribution in [1.82, 2.24) is 4.90 Å². The zero-order valence-electron chi connectivity index (χ0n) is 13.1. The van der Waals surface area contributed by atoms with Crippen LogP contribution in [0, 0.1) is 17.8 Å². The highest BCUT2D eigenvalue weighted by atomic mass is 16.6. The second-order valence-electron chi connectivity index (χ2n) is 6.07. The smallest absolute Gasteiger partial charge is 0.410 e. The van der Waals surface area contributed by atoms with E-state index >= 15 is 0 Å². The van der Waals surface area contributed by atoms with E-state index in [1.54, 1.807) is 8.05 Å². The second-order valence-corrected chi connectivity index (χ2v) is 6.07. The van der Waals surface area contributed by atoms with Crippen molar-refractivity contribution in [2.24, 2.45) is 17.8 Å². The van der Waals surface area contributed by atoms with Crippen LogP contribution >= 0.6 is 0 Å². The molecule has 5 heteroatoms. The van der Waals surface area contributed by atoms with Crippen LogP contribution in [0.2, 0.25) is 0 Å². The number of carbonyl (C=O) groups excluding carboxylic acids is 1. The van der Waals surface area contributed by atoms with Crippen LogP contribution in [-0.2, 0) is 16.0 Å². The first-order chi connectivity index (χ1) is 10.1. The normalized spacial score (nSPS) is 21.8. The highest BCUT2D eigenvalue weighted by molar-refractivity contribution is 5.97. The van der Waals surface area contributed by atoms with Crippen molar-refractivity contribution >= 4 is 14.1 Å². The maximum atomic E-state index is 12.2. The van der Waals surface area contributed by atoms with Gasteiger partial charge in [0, 0.05) is 25.6 Å². The van der Waals surface area contributed by atoms with Crippen molar-refractivity contribution in [3.63, 3.8) is 0 Å². The summed E-state index contributed by atoms with van der Waals surface area (Å²) in [6.45, 7) is 6.92. The first-order valence-electron chi connectivity index (χ1n) is 7.56. The van der Waals surface area contributed by atoms with Crippen LogP contribution in [0.3, 0.4) is 0 Å². The molecule has 1 aliphatic heterocycles. The molecular formula is C16H24BNO3. The lowest BCUT2D eigenvalue weighted by molar-refractivity contribution is 0.101. The fourth-order valence-corrected chi connectivity index (χ4v) is 3.00. The van der Waals surface area contributed by atoms with Gasteiger partial charge in [-0.1, -0.05) is 44.2 Å². The number of carbonyl (C=O) groups is 1. The predicted octanol–water partition coefficient (Wildman–Crippen LogP) is 2.09. The second kappa shape index (κ2) is 7.50. The Hall–Kier alpha value is -1.49. The molecule has 0 aromatic heterocycles. The topological polar surface area (TPSA) is 38.8 Å². The number of rotatable bonds is 5. The molecule has 1 saturated heterocycles. The number of hydrogen-bond donors (Lipinski definition) is 0. The van der Waals surface area contributed by atoms with Gasteiger partial charge in [0.25, 0.3) is 8.05 Å². The number of likely N-dealkylation sites (tertiary alicyclic amines) is 1. The van der Waals surface area contributed by atoms with E-state index in [0.29, 0.717) is 31.0 Å². The molecule has 2 atom stereocenters. The zero-order chi connectivity index (χ0) is 15.2. The molecule has 1 aromatic rings. The fraction of sp³-hybridized carbons (Fsp3) is 0.562. The van der Waals surface area contributed by atoms with Crippen molar-refractivity contribution in [1.29, 1.82) is 0 Å². The lowest BCUT2D eigenvalue weighted by Crippen LogP contribution is -2.30. The van der Waals surface area contributed by atoms with E-state index in [-0.39, 0.29) is 6.09 Å². The van der Waals surface area contributed by atoms with E-state index in [2.05, 4.69) is 13.8 Å². The van der Waals surface area contributed by atoms with Crippen LogP contribution in [0.4, 0.5) is 4.79 Å². The molecule has 4 nitrogen and oxygen atoms in total. The standard InChI is InChI=1S/C16H24BNO3/c1-12(2)15-9-18(8-14(15)11-21-17)16(19)20-10-13-6-4-3-5-7-13/h3-7,12,14-15H,8-11,17H2,1-2H3/t14-,15+/m0/s1. The Balaban J connectivity index is 1.88. The van der Waals surface area contributed by atoms with Crippen molar-refractivity contribution in [2.45, 2.75) is 20.5 Å². The SMILES string of the molecule is BOC[C@@H]1CN(C(=O)OCc2ccccc2)C[C@@H]1C(C)C. The third-order valence-electron chi connectivity index (χ3n) is 4.19. The molecule has 0 radical (unpaired) electrons. The third kappa shape index (κ3) is 4.24. The number of hydrogen-bond acceptors (Lipinski definition) is 3. The monoisotopic (exact) mass is 289 g/mol. The Kier molecular flexibility index (Phi) is 5.68. The van der Waals surface area contributed by atoms with Gasteiger partial charge in [0.05, 0.1) is 0 Å². The Bertz CT molecular complexity index is 452. The van der Waals surface area contributed by atoms with Crippen molar-refractivity contribution in [2.75, 3.05) is 19.7 Å². The van der Waals surface area contributed by atoms with Crippen molar-refractivity contribution in [3.05, 3.63) is 35.9 Å². The van der Waals surface area contributed by atoms with E-state index in [0.717, 1.165) is 18.7 Å². The summed E-state index contributed by atoms with van der Waals surface area (Å²) in [5.74, 6) is 1.42. The summed E-state index contributed by atoms with van der Waals surface area (Å²) in [6.07, 6.45) is -0.219. The Labute approximate surface area is 127 Å². The summed E-state index contributed by atoms with van der Waals surface area (Å²) in [6, 6.07) is 9.77. The predicted molar refractivity (Wildman–Crippen MR) is 84.5 cm³/mol. The molecule has 21 heavy (non-hydrogen) atoms. The van der Waals surface area contributed by atoms with Gasteiger partial charge in [-0.2, -0.15) is 0 Å². The van der Waals surface area contributed by atoms with Crippen LogP contribution in [0.5, 0.6) is 0 Å². The van der Waals surface area contributed by atoms with Gasteiger partial charge in [-0.15, -0.1) is 0 Å². The summed E-state index contributed by atoms with van der Waals surface area (Å²) < 4.78 is 10.7.